The highest BCUT2D eigenvalue weighted by molar-refractivity contribution is 9.10. The Bertz CT molecular complexity index is 288. The Labute approximate surface area is 77.6 Å². The van der Waals surface area contributed by atoms with Crippen molar-refractivity contribution in [1.29, 1.82) is 0 Å². The summed E-state index contributed by atoms with van der Waals surface area (Å²) >= 11 is 4.86. The maximum Gasteiger partial charge on any atom is 0.175 e. The topological polar surface area (TPSA) is 17.1 Å². The first kappa shape index (κ1) is 7.50. The van der Waals surface area contributed by atoms with Crippen LogP contribution in [0, 0.1) is 5.92 Å². The Hall–Kier alpha value is -0.150. The van der Waals surface area contributed by atoms with E-state index in [0.29, 0.717) is 11.7 Å². The average molecular weight is 231 g/mol. The standard InChI is InChI=1S/C8H7BrOS/c9-6-3-7(11-4-6)8(10)5-1-2-5/h3-5H,1-2H2. The fourth-order valence-electron chi connectivity index (χ4n) is 0.989. The summed E-state index contributed by atoms with van der Waals surface area (Å²) in [6.45, 7) is 0. The van der Waals surface area contributed by atoms with Crippen LogP contribution in [-0.4, -0.2) is 5.78 Å². The Morgan fingerprint density at radius 1 is 1.64 bits per heavy atom. The minimum atomic E-state index is 0.334. The van der Waals surface area contributed by atoms with Gasteiger partial charge in [0, 0.05) is 15.8 Å². The fraction of sp³-hybridized carbons (Fsp3) is 0.375. The monoisotopic (exact) mass is 230 g/mol. The molecule has 0 radical (unpaired) electrons. The van der Waals surface area contributed by atoms with Gasteiger partial charge in [-0.25, -0.2) is 0 Å². The highest BCUT2D eigenvalue weighted by Gasteiger charge is 2.30. The number of carbonyl (C=O) groups excluding carboxylic acids is 1. The highest BCUT2D eigenvalue weighted by atomic mass is 79.9. The molecule has 1 aromatic rings. The highest BCUT2D eigenvalue weighted by Crippen LogP contribution is 2.34. The molecule has 1 aliphatic carbocycles. The second-order valence-corrected chi connectivity index (χ2v) is 4.59. The van der Waals surface area contributed by atoms with Crippen molar-refractivity contribution in [3.8, 4) is 0 Å². The predicted octanol–water partition coefficient (Wildman–Crippen LogP) is 3.10. The summed E-state index contributed by atoms with van der Waals surface area (Å²) in [5.74, 6) is 0.682. The zero-order valence-electron chi connectivity index (χ0n) is 5.84. The van der Waals surface area contributed by atoms with E-state index in [2.05, 4.69) is 15.9 Å². The molecule has 3 heteroatoms. The first-order valence-electron chi connectivity index (χ1n) is 3.55. The van der Waals surface area contributed by atoms with E-state index >= 15 is 0 Å². The molecular weight excluding hydrogens is 224 g/mol. The molecular formula is C8H7BrOS. The third-order valence-electron chi connectivity index (χ3n) is 1.76. The van der Waals surface area contributed by atoms with Crippen molar-refractivity contribution in [3.63, 3.8) is 0 Å². The number of rotatable bonds is 2. The lowest BCUT2D eigenvalue weighted by molar-refractivity contribution is 0.0971. The van der Waals surface area contributed by atoms with Crippen LogP contribution in [0.3, 0.4) is 0 Å². The van der Waals surface area contributed by atoms with Crippen molar-refractivity contribution >= 4 is 33.0 Å². The summed E-state index contributed by atoms with van der Waals surface area (Å²) in [5.41, 5.74) is 0. The van der Waals surface area contributed by atoms with Gasteiger partial charge in [0.1, 0.15) is 0 Å². The lowest BCUT2D eigenvalue weighted by atomic mass is 10.2. The van der Waals surface area contributed by atoms with Crippen molar-refractivity contribution in [3.05, 3.63) is 20.8 Å². The summed E-state index contributed by atoms with van der Waals surface area (Å²) in [6.07, 6.45) is 2.18. The quantitative estimate of drug-likeness (QED) is 0.714. The minimum Gasteiger partial charge on any atom is -0.293 e. The van der Waals surface area contributed by atoms with Gasteiger partial charge in [0.15, 0.2) is 5.78 Å². The van der Waals surface area contributed by atoms with Crippen LogP contribution in [0.5, 0.6) is 0 Å². The van der Waals surface area contributed by atoms with E-state index in [4.69, 9.17) is 0 Å². The molecule has 0 unspecified atom stereocenters. The summed E-state index contributed by atoms with van der Waals surface area (Å²) in [5, 5.41) is 1.95. The van der Waals surface area contributed by atoms with Crippen molar-refractivity contribution in [2.24, 2.45) is 5.92 Å². The number of thiophene rings is 1. The molecule has 0 aromatic carbocycles. The number of ketones is 1. The van der Waals surface area contributed by atoms with Gasteiger partial charge in [0.2, 0.25) is 0 Å². The molecule has 11 heavy (non-hydrogen) atoms. The van der Waals surface area contributed by atoms with E-state index in [1.807, 2.05) is 11.4 Å². The zero-order chi connectivity index (χ0) is 7.84. The van der Waals surface area contributed by atoms with Gasteiger partial charge >= 0.3 is 0 Å². The van der Waals surface area contributed by atoms with Gasteiger partial charge in [-0.1, -0.05) is 0 Å². The van der Waals surface area contributed by atoms with Crippen LogP contribution in [0.25, 0.3) is 0 Å². The number of hydrogen-bond donors (Lipinski definition) is 0. The van der Waals surface area contributed by atoms with Gasteiger partial charge in [0.05, 0.1) is 4.88 Å². The molecule has 0 atom stereocenters. The predicted molar refractivity (Wildman–Crippen MR) is 49.1 cm³/mol. The van der Waals surface area contributed by atoms with Crippen LogP contribution in [0.1, 0.15) is 22.5 Å². The van der Waals surface area contributed by atoms with Crippen LogP contribution in [0.2, 0.25) is 0 Å². The van der Waals surface area contributed by atoms with Crippen molar-refractivity contribution in [1.82, 2.24) is 0 Å². The number of hydrogen-bond acceptors (Lipinski definition) is 2. The SMILES string of the molecule is O=C(c1cc(Br)cs1)C1CC1. The molecule has 1 fully saturated rings. The number of halogens is 1. The Morgan fingerprint density at radius 2 is 2.36 bits per heavy atom. The second-order valence-electron chi connectivity index (χ2n) is 2.77. The largest absolute Gasteiger partial charge is 0.293 e. The maximum atomic E-state index is 11.4. The molecule has 0 spiro atoms. The molecule has 0 N–H and O–H groups in total. The van der Waals surface area contributed by atoms with Crippen LogP contribution in [0.4, 0.5) is 0 Å². The van der Waals surface area contributed by atoms with Crippen LogP contribution in [-0.2, 0) is 0 Å². The molecule has 1 heterocycles. The molecule has 1 aromatic heterocycles. The van der Waals surface area contributed by atoms with E-state index in [1.54, 1.807) is 0 Å². The van der Waals surface area contributed by atoms with Crippen molar-refractivity contribution < 1.29 is 4.79 Å². The fourth-order valence-corrected chi connectivity index (χ4v) is 2.44. The van der Waals surface area contributed by atoms with Gasteiger partial charge in [0.25, 0.3) is 0 Å². The summed E-state index contributed by atoms with van der Waals surface area (Å²) < 4.78 is 1.02. The zero-order valence-corrected chi connectivity index (χ0v) is 8.24. The average Bonchev–Trinajstić information content (AvgIpc) is 2.74. The van der Waals surface area contributed by atoms with Gasteiger partial charge in [-0.3, -0.25) is 4.79 Å². The van der Waals surface area contributed by atoms with Gasteiger partial charge in [-0.05, 0) is 34.8 Å². The van der Waals surface area contributed by atoms with Crippen molar-refractivity contribution in [2.45, 2.75) is 12.8 Å². The number of carbonyl (C=O) groups is 1. The molecule has 1 nitrogen and oxygen atoms in total. The summed E-state index contributed by atoms with van der Waals surface area (Å²) in [4.78, 5) is 12.3. The Morgan fingerprint density at radius 3 is 2.82 bits per heavy atom. The van der Waals surface area contributed by atoms with Gasteiger partial charge in [-0.15, -0.1) is 11.3 Å². The third-order valence-corrected chi connectivity index (χ3v) is 3.46. The van der Waals surface area contributed by atoms with E-state index in [9.17, 15) is 4.79 Å². The first-order chi connectivity index (χ1) is 5.27. The van der Waals surface area contributed by atoms with Gasteiger partial charge < -0.3 is 0 Å². The van der Waals surface area contributed by atoms with E-state index in [0.717, 1.165) is 22.2 Å². The molecule has 0 bridgehead atoms. The molecule has 1 aliphatic rings. The van der Waals surface area contributed by atoms with E-state index in [-0.39, 0.29) is 0 Å². The third kappa shape index (κ3) is 1.54. The molecule has 0 amide bonds. The van der Waals surface area contributed by atoms with Crippen LogP contribution >= 0.6 is 27.3 Å². The van der Waals surface area contributed by atoms with E-state index in [1.165, 1.54) is 11.3 Å². The molecule has 0 saturated heterocycles. The van der Waals surface area contributed by atoms with Gasteiger partial charge in [-0.2, -0.15) is 0 Å². The lowest BCUT2D eigenvalue weighted by Crippen LogP contribution is -1.96. The number of Topliss-reactive ketones (excluding diaryl/α,β-unsaturated/α-hetero) is 1. The van der Waals surface area contributed by atoms with Crippen LogP contribution < -0.4 is 0 Å². The maximum absolute atomic E-state index is 11.4. The first-order valence-corrected chi connectivity index (χ1v) is 5.23. The molecule has 1 saturated carbocycles. The minimum absolute atomic E-state index is 0.334. The normalized spacial score (nSPS) is 16.8. The summed E-state index contributed by atoms with van der Waals surface area (Å²) in [7, 11) is 0. The lowest BCUT2D eigenvalue weighted by Gasteiger charge is -1.89. The molecule has 2 rings (SSSR count). The Kier molecular flexibility index (Phi) is 1.85. The molecule has 0 aliphatic heterocycles. The van der Waals surface area contributed by atoms with Crippen molar-refractivity contribution in [2.75, 3.05) is 0 Å². The second kappa shape index (κ2) is 2.72. The van der Waals surface area contributed by atoms with Crippen LogP contribution in [0.15, 0.2) is 15.9 Å². The Balaban J connectivity index is 2.21. The summed E-state index contributed by atoms with van der Waals surface area (Å²) in [6, 6.07) is 1.91. The smallest absolute Gasteiger partial charge is 0.175 e. The van der Waals surface area contributed by atoms with E-state index < -0.39 is 0 Å². The molecule has 58 valence electrons.